The highest BCUT2D eigenvalue weighted by Gasteiger charge is 2.29. The summed E-state index contributed by atoms with van der Waals surface area (Å²) in [5, 5.41) is 6.06. The van der Waals surface area contributed by atoms with Crippen LogP contribution in [0.5, 0.6) is 0 Å². The summed E-state index contributed by atoms with van der Waals surface area (Å²) in [4.78, 5) is 13.9. The molecular formula is C15H22FN3O. The van der Waals surface area contributed by atoms with E-state index < -0.39 is 0 Å². The van der Waals surface area contributed by atoms with Gasteiger partial charge in [-0.05, 0) is 43.6 Å². The highest BCUT2D eigenvalue weighted by atomic mass is 19.1. The van der Waals surface area contributed by atoms with Crippen LogP contribution < -0.4 is 10.6 Å². The molecule has 2 rings (SSSR count). The Morgan fingerprint density at radius 3 is 3.00 bits per heavy atom. The maximum atomic E-state index is 13.0. The highest BCUT2D eigenvalue weighted by molar-refractivity contribution is 5.92. The molecule has 20 heavy (non-hydrogen) atoms. The van der Waals surface area contributed by atoms with Crippen LogP contribution >= 0.6 is 0 Å². The number of anilines is 1. The van der Waals surface area contributed by atoms with Crippen LogP contribution in [0.15, 0.2) is 24.3 Å². The summed E-state index contributed by atoms with van der Waals surface area (Å²) in [6, 6.07) is 5.94. The Balaban J connectivity index is 1.82. The average molecular weight is 279 g/mol. The molecule has 1 unspecified atom stereocenters. The second-order valence-corrected chi connectivity index (χ2v) is 5.97. The van der Waals surface area contributed by atoms with Crippen LogP contribution in [-0.4, -0.2) is 44.0 Å². The van der Waals surface area contributed by atoms with Crippen molar-refractivity contribution in [2.45, 2.75) is 13.3 Å². The minimum Gasteiger partial charge on any atom is -0.325 e. The Morgan fingerprint density at radius 1 is 1.55 bits per heavy atom. The van der Waals surface area contributed by atoms with E-state index in [-0.39, 0.29) is 17.1 Å². The van der Waals surface area contributed by atoms with Gasteiger partial charge in [0.2, 0.25) is 5.91 Å². The number of benzene rings is 1. The number of halogens is 1. The van der Waals surface area contributed by atoms with Gasteiger partial charge in [0.05, 0.1) is 6.54 Å². The van der Waals surface area contributed by atoms with Crippen LogP contribution in [0.3, 0.4) is 0 Å². The normalized spacial score (nSPS) is 22.2. The quantitative estimate of drug-likeness (QED) is 0.862. The van der Waals surface area contributed by atoms with Crippen LogP contribution in [-0.2, 0) is 4.79 Å². The van der Waals surface area contributed by atoms with Crippen LogP contribution in [0.2, 0.25) is 0 Å². The molecule has 0 radical (unpaired) electrons. The third-order valence-corrected chi connectivity index (χ3v) is 3.63. The van der Waals surface area contributed by atoms with E-state index >= 15 is 0 Å². The topological polar surface area (TPSA) is 44.4 Å². The predicted octanol–water partition coefficient (Wildman–Crippen LogP) is 1.70. The lowest BCUT2D eigenvalue weighted by Crippen LogP contribution is -2.39. The molecule has 110 valence electrons. The molecule has 0 spiro atoms. The van der Waals surface area contributed by atoms with Crippen molar-refractivity contribution in [3.8, 4) is 0 Å². The van der Waals surface area contributed by atoms with E-state index in [4.69, 9.17) is 0 Å². The molecule has 2 N–H and O–H groups in total. The molecule has 0 aliphatic carbocycles. The molecule has 1 heterocycles. The SMILES string of the molecule is CN(CC(=O)Nc1cccc(F)c1)CC1(C)CCNC1. The molecule has 5 heteroatoms. The van der Waals surface area contributed by atoms with E-state index in [0.29, 0.717) is 12.2 Å². The number of carbonyl (C=O) groups is 1. The largest absolute Gasteiger partial charge is 0.325 e. The molecule has 0 bridgehead atoms. The van der Waals surface area contributed by atoms with Crippen molar-refractivity contribution >= 4 is 11.6 Å². The number of amides is 1. The number of hydrogen-bond acceptors (Lipinski definition) is 3. The van der Waals surface area contributed by atoms with E-state index in [9.17, 15) is 9.18 Å². The van der Waals surface area contributed by atoms with Gasteiger partial charge in [-0.25, -0.2) is 4.39 Å². The first-order valence-electron chi connectivity index (χ1n) is 6.92. The molecule has 1 aromatic rings. The van der Waals surface area contributed by atoms with Gasteiger partial charge >= 0.3 is 0 Å². The van der Waals surface area contributed by atoms with Crippen LogP contribution in [0.25, 0.3) is 0 Å². The first-order valence-corrected chi connectivity index (χ1v) is 6.92. The fourth-order valence-corrected chi connectivity index (χ4v) is 2.72. The Kier molecular flexibility index (Phi) is 4.73. The first kappa shape index (κ1) is 14.9. The van der Waals surface area contributed by atoms with Crippen molar-refractivity contribution < 1.29 is 9.18 Å². The Morgan fingerprint density at radius 2 is 2.35 bits per heavy atom. The molecule has 1 saturated heterocycles. The smallest absolute Gasteiger partial charge is 0.238 e. The van der Waals surface area contributed by atoms with E-state index in [1.54, 1.807) is 12.1 Å². The molecular weight excluding hydrogens is 257 g/mol. The molecule has 1 aliphatic rings. The lowest BCUT2D eigenvalue weighted by molar-refractivity contribution is -0.117. The molecule has 1 fully saturated rings. The summed E-state index contributed by atoms with van der Waals surface area (Å²) < 4.78 is 13.0. The monoisotopic (exact) mass is 279 g/mol. The average Bonchev–Trinajstić information content (AvgIpc) is 2.74. The van der Waals surface area contributed by atoms with Gasteiger partial charge in [0, 0.05) is 18.8 Å². The zero-order chi connectivity index (χ0) is 14.6. The zero-order valence-corrected chi connectivity index (χ0v) is 12.1. The number of nitrogens with zero attached hydrogens (tertiary/aromatic N) is 1. The van der Waals surface area contributed by atoms with Gasteiger partial charge in [-0.15, -0.1) is 0 Å². The zero-order valence-electron chi connectivity index (χ0n) is 12.1. The van der Waals surface area contributed by atoms with Gasteiger partial charge in [0.15, 0.2) is 0 Å². The maximum absolute atomic E-state index is 13.0. The molecule has 0 aromatic heterocycles. The van der Waals surface area contributed by atoms with Crippen molar-refractivity contribution in [3.05, 3.63) is 30.1 Å². The van der Waals surface area contributed by atoms with Gasteiger partial charge in [-0.3, -0.25) is 9.69 Å². The van der Waals surface area contributed by atoms with E-state index in [0.717, 1.165) is 26.1 Å². The summed E-state index contributed by atoms with van der Waals surface area (Å²) >= 11 is 0. The van der Waals surface area contributed by atoms with E-state index in [1.165, 1.54) is 12.1 Å². The molecule has 0 saturated carbocycles. The minimum atomic E-state index is -0.347. The second-order valence-electron chi connectivity index (χ2n) is 5.97. The third kappa shape index (κ3) is 4.28. The lowest BCUT2D eigenvalue weighted by atomic mass is 9.89. The summed E-state index contributed by atoms with van der Waals surface area (Å²) in [5.41, 5.74) is 0.727. The lowest BCUT2D eigenvalue weighted by Gasteiger charge is -2.28. The predicted molar refractivity (Wildman–Crippen MR) is 78.1 cm³/mol. The van der Waals surface area contributed by atoms with Crippen molar-refractivity contribution in [2.75, 3.05) is 38.5 Å². The van der Waals surface area contributed by atoms with Gasteiger partial charge in [0.1, 0.15) is 5.82 Å². The minimum absolute atomic E-state index is 0.118. The molecule has 1 aliphatic heterocycles. The summed E-state index contributed by atoms with van der Waals surface area (Å²) in [6.07, 6.45) is 1.13. The second kappa shape index (κ2) is 6.33. The number of hydrogen-bond donors (Lipinski definition) is 2. The Labute approximate surface area is 119 Å². The maximum Gasteiger partial charge on any atom is 0.238 e. The first-order chi connectivity index (χ1) is 9.47. The van der Waals surface area contributed by atoms with Crippen LogP contribution in [0.1, 0.15) is 13.3 Å². The van der Waals surface area contributed by atoms with Crippen LogP contribution in [0.4, 0.5) is 10.1 Å². The van der Waals surface area contributed by atoms with Gasteiger partial charge in [-0.1, -0.05) is 13.0 Å². The molecule has 4 nitrogen and oxygen atoms in total. The van der Waals surface area contributed by atoms with Gasteiger partial charge in [0.25, 0.3) is 0 Å². The molecule has 1 amide bonds. The van der Waals surface area contributed by atoms with Gasteiger partial charge in [-0.2, -0.15) is 0 Å². The van der Waals surface area contributed by atoms with Gasteiger partial charge < -0.3 is 10.6 Å². The highest BCUT2D eigenvalue weighted by Crippen LogP contribution is 2.25. The molecule has 1 atom stereocenters. The number of likely N-dealkylation sites (N-methyl/N-ethyl adjacent to an activating group) is 1. The Bertz CT molecular complexity index is 472. The summed E-state index contributed by atoms with van der Waals surface area (Å²) in [6.45, 7) is 5.44. The van der Waals surface area contributed by atoms with Crippen molar-refractivity contribution in [3.63, 3.8) is 0 Å². The number of carbonyl (C=O) groups excluding carboxylic acids is 1. The Hall–Kier alpha value is -1.46. The summed E-state index contributed by atoms with van der Waals surface area (Å²) in [5.74, 6) is -0.464. The summed E-state index contributed by atoms with van der Waals surface area (Å²) in [7, 11) is 1.94. The van der Waals surface area contributed by atoms with Crippen LogP contribution in [0, 0.1) is 11.2 Å². The van der Waals surface area contributed by atoms with E-state index in [2.05, 4.69) is 17.6 Å². The van der Waals surface area contributed by atoms with Crippen molar-refractivity contribution in [1.82, 2.24) is 10.2 Å². The molecule has 1 aromatic carbocycles. The fraction of sp³-hybridized carbons (Fsp3) is 0.533. The van der Waals surface area contributed by atoms with E-state index in [1.807, 2.05) is 11.9 Å². The number of rotatable bonds is 5. The van der Waals surface area contributed by atoms with Crippen molar-refractivity contribution in [2.24, 2.45) is 5.41 Å². The number of nitrogens with one attached hydrogen (secondary N) is 2. The van der Waals surface area contributed by atoms with Crippen molar-refractivity contribution in [1.29, 1.82) is 0 Å². The third-order valence-electron chi connectivity index (χ3n) is 3.63. The fourth-order valence-electron chi connectivity index (χ4n) is 2.72. The standard InChI is InChI=1S/C15H22FN3O/c1-15(6-7-17-10-15)11-19(2)9-14(20)18-13-5-3-4-12(16)8-13/h3-5,8,17H,6-7,9-11H2,1-2H3,(H,18,20).